The zero-order valence-electron chi connectivity index (χ0n) is 17.5. The van der Waals surface area contributed by atoms with Crippen LogP contribution in [0, 0.1) is 12.8 Å². The van der Waals surface area contributed by atoms with Gasteiger partial charge in [-0.2, -0.15) is 0 Å². The largest absolute Gasteiger partial charge is 0.494 e. The third-order valence-electron chi connectivity index (χ3n) is 5.97. The van der Waals surface area contributed by atoms with Crippen LogP contribution in [0.4, 0.5) is 0 Å². The van der Waals surface area contributed by atoms with Gasteiger partial charge in [-0.05, 0) is 36.8 Å². The first kappa shape index (κ1) is 20.5. The fraction of sp³-hybridized carbons (Fsp3) is 0.208. The second kappa shape index (κ2) is 7.96. The first-order chi connectivity index (χ1) is 15.4. The standard InChI is InChI=1S/C24H24N4O3S/c1-17-9-11-19(12-10-17)32(30,31)28-15-13-21-22(20-8-5-14-25-23(20)28)26-27(24(21)29)16-18-6-3-2-4-7-18/h2-15,20,22-23,26,29H,16H2,1H3. The predicted molar refractivity (Wildman–Crippen MR) is 123 cm³/mol. The first-order valence-corrected chi connectivity index (χ1v) is 11.9. The number of aliphatic hydroxyl groups excluding tert-OH is 1. The van der Waals surface area contributed by atoms with E-state index in [1.165, 1.54) is 10.5 Å². The second-order valence-electron chi connectivity index (χ2n) is 8.10. The zero-order valence-corrected chi connectivity index (χ0v) is 18.4. The lowest BCUT2D eigenvalue weighted by Gasteiger charge is -2.34. The highest BCUT2D eigenvalue weighted by Gasteiger charge is 2.44. The van der Waals surface area contributed by atoms with Crippen LogP contribution in [0.15, 0.2) is 100 Å². The summed E-state index contributed by atoms with van der Waals surface area (Å²) in [6, 6.07) is 16.3. The molecule has 0 saturated heterocycles. The molecule has 0 aliphatic carbocycles. The number of aliphatic hydroxyl groups is 1. The molecule has 0 radical (unpaired) electrons. The Morgan fingerprint density at radius 2 is 1.84 bits per heavy atom. The summed E-state index contributed by atoms with van der Waals surface area (Å²) in [6.07, 6.45) is 7.91. The molecule has 32 heavy (non-hydrogen) atoms. The second-order valence-corrected chi connectivity index (χ2v) is 9.94. The Balaban J connectivity index is 1.52. The average molecular weight is 449 g/mol. The summed E-state index contributed by atoms with van der Waals surface area (Å²) in [5.41, 5.74) is 6.03. The zero-order chi connectivity index (χ0) is 22.3. The molecule has 3 aliphatic heterocycles. The number of hydrogen-bond acceptors (Lipinski definition) is 6. The Kier molecular flexibility index (Phi) is 5.11. The number of benzene rings is 2. The molecular formula is C24H24N4O3S. The van der Waals surface area contributed by atoms with E-state index in [0.717, 1.165) is 11.1 Å². The Morgan fingerprint density at radius 3 is 2.59 bits per heavy atom. The number of aryl methyl sites for hydroxylation is 1. The topological polar surface area (TPSA) is 85.2 Å². The van der Waals surface area contributed by atoms with E-state index in [-0.39, 0.29) is 22.7 Å². The molecule has 3 heterocycles. The number of allylic oxidation sites excluding steroid dienone is 1. The molecule has 8 heteroatoms. The number of hydrogen-bond donors (Lipinski definition) is 2. The molecule has 0 saturated carbocycles. The minimum Gasteiger partial charge on any atom is -0.494 e. The van der Waals surface area contributed by atoms with Gasteiger partial charge in [0.05, 0.1) is 17.5 Å². The fourth-order valence-electron chi connectivity index (χ4n) is 4.28. The van der Waals surface area contributed by atoms with Crippen molar-refractivity contribution in [2.45, 2.75) is 30.6 Å². The van der Waals surface area contributed by atoms with E-state index >= 15 is 0 Å². The van der Waals surface area contributed by atoms with Crippen molar-refractivity contribution in [3.63, 3.8) is 0 Å². The van der Waals surface area contributed by atoms with Crippen molar-refractivity contribution in [3.8, 4) is 0 Å². The van der Waals surface area contributed by atoms with Crippen LogP contribution in [0.2, 0.25) is 0 Å². The van der Waals surface area contributed by atoms with Gasteiger partial charge < -0.3 is 5.11 Å². The van der Waals surface area contributed by atoms with Crippen molar-refractivity contribution in [2.24, 2.45) is 10.9 Å². The van der Waals surface area contributed by atoms with Crippen LogP contribution < -0.4 is 5.43 Å². The molecule has 2 aromatic rings. The van der Waals surface area contributed by atoms with Gasteiger partial charge in [0.15, 0.2) is 0 Å². The number of aliphatic imine (C=N–C) groups is 1. The van der Waals surface area contributed by atoms with Crippen LogP contribution in [0.1, 0.15) is 11.1 Å². The molecule has 3 unspecified atom stereocenters. The van der Waals surface area contributed by atoms with Crippen LogP contribution in [-0.2, 0) is 16.6 Å². The van der Waals surface area contributed by atoms with Crippen LogP contribution in [0.5, 0.6) is 0 Å². The Labute approximate surface area is 187 Å². The van der Waals surface area contributed by atoms with E-state index < -0.39 is 16.2 Å². The molecular weight excluding hydrogens is 424 g/mol. The molecule has 3 aliphatic rings. The van der Waals surface area contributed by atoms with Gasteiger partial charge in [0.1, 0.15) is 6.17 Å². The van der Waals surface area contributed by atoms with E-state index in [9.17, 15) is 13.5 Å². The number of hydrazine groups is 1. The summed E-state index contributed by atoms with van der Waals surface area (Å²) >= 11 is 0. The highest BCUT2D eigenvalue weighted by molar-refractivity contribution is 7.89. The molecule has 2 N–H and O–H groups in total. The third-order valence-corrected chi connectivity index (χ3v) is 7.73. The molecule has 5 rings (SSSR count). The molecule has 7 nitrogen and oxygen atoms in total. The van der Waals surface area contributed by atoms with Crippen molar-refractivity contribution in [3.05, 3.63) is 102 Å². The molecule has 0 aromatic heterocycles. The smallest absolute Gasteiger partial charge is 0.265 e. The predicted octanol–water partition coefficient (Wildman–Crippen LogP) is 3.25. The summed E-state index contributed by atoms with van der Waals surface area (Å²) in [7, 11) is -3.83. The highest BCUT2D eigenvalue weighted by atomic mass is 32.2. The van der Waals surface area contributed by atoms with Gasteiger partial charge in [-0.1, -0.05) is 54.1 Å². The highest BCUT2D eigenvalue weighted by Crippen LogP contribution is 2.37. The molecule has 3 atom stereocenters. The number of rotatable bonds is 4. The van der Waals surface area contributed by atoms with E-state index in [2.05, 4.69) is 10.4 Å². The van der Waals surface area contributed by atoms with Gasteiger partial charge in [-0.25, -0.2) is 18.1 Å². The molecule has 0 amide bonds. The maximum Gasteiger partial charge on any atom is 0.265 e. The monoisotopic (exact) mass is 448 g/mol. The van der Waals surface area contributed by atoms with E-state index in [1.54, 1.807) is 41.6 Å². The van der Waals surface area contributed by atoms with Crippen molar-refractivity contribution >= 4 is 16.2 Å². The van der Waals surface area contributed by atoms with Gasteiger partial charge >= 0.3 is 0 Å². The summed E-state index contributed by atoms with van der Waals surface area (Å²) in [6.45, 7) is 2.40. The summed E-state index contributed by atoms with van der Waals surface area (Å²) in [5, 5.41) is 12.7. The van der Waals surface area contributed by atoms with Crippen molar-refractivity contribution in [2.75, 3.05) is 0 Å². The lowest BCUT2D eigenvalue weighted by molar-refractivity contribution is 0.139. The summed E-state index contributed by atoms with van der Waals surface area (Å²) in [5.74, 6) is -0.209. The Hall–Kier alpha value is -3.36. The number of fused-ring (bicyclic) bond motifs is 3. The van der Waals surface area contributed by atoms with Crippen LogP contribution in [0.25, 0.3) is 0 Å². The van der Waals surface area contributed by atoms with Crippen molar-refractivity contribution in [1.82, 2.24) is 14.7 Å². The minimum atomic E-state index is -3.83. The number of nitrogens with one attached hydrogen (secondary N) is 1. The van der Waals surface area contributed by atoms with E-state index in [4.69, 9.17) is 0 Å². The lowest BCUT2D eigenvalue weighted by atomic mass is 9.91. The maximum atomic E-state index is 13.5. The molecule has 2 aromatic carbocycles. The summed E-state index contributed by atoms with van der Waals surface area (Å²) in [4.78, 5) is 4.73. The van der Waals surface area contributed by atoms with Crippen molar-refractivity contribution in [1.29, 1.82) is 0 Å². The Morgan fingerprint density at radius 1 is 1.09 bits per heavy atom. The van der Waals surface area contributed by atoms with Gasteiger partial charge in [0.25, 0.3) is 10.0 Å². The van der Waals surface area contributed by atoms with Crippen LogP contribution in [-0.4, -0.2) is 41.3 Å². The fourth-order valence-corrected chi connectivity index (χ4v) is 5.70. The molecule has 0 fully saturated rings. The normalized spacial score (nSPS) is 24.5. The van der Waals surface area contributed by atoms with Gasteiger partial charge in [-0.15, -0.1) is 0 Å². The van der Waals surface area contributed by atoms with E-state index in [1.807, 2.05) is 49.4 Å². The van der Waals surface area contributed by atoms with Crippen molar-refractivity contribution < 1.29 is 13.5 Å². The van der Waals surface area contributed by atoms with E-state index in [0.29, 0.717) is 12.1 Å². The molecule has 0 spiro atoms. The third kappa shape index (κ3) is 3.51. The number of dihydropyridines is 1. The van der Waals surface area contributed by atoms with Crippen LogP contribution >= 0.6 is 0 Å². The Bertz CT molecular complexity index is 1230. The maximum absolute atomic E-state index is 13.5. The molecule has 0 bridgehead atoms. The number of sulfonamides is 1. The number of nitrogens with zero attached hydrogens (tertiary/aromatic N) is 3. The SMILES string of the molecule is Cc1ccc(S(=O)(=O)N2C=CC3=C(O)N(Cc4ccccc4)NC3C3C=CC=NC32)cc1. The first-order valence-electron chi connectivity index (χ1n) is 10.4. The quantitative estimate of drug-likeness (QED) is 0.750. The van der Waals surface area contributed by atoms with Gasteiger partial charge in [0.2, 0.25) is 5.88 Å². The summed E-state index contributed by atoms with van der Waals surface area (Å²) < 4.78 is 28.3. The lowest BCUT2D eigenvalue weighted by Crippen LogP contribution is -2.48. The average Bonchev–Trinajstić information content (AvgIpc) is 3.00. The molecule has 164 valence electrons. The van der Waals surface area contributed by atoms with Gasteiger partial charge in [0, 0.05) is 23.9 Å². The van der Waals surface area contributed by atoms with Gasteiger partial charge in [-0.3, -0.25) is 10.0 Å². The minimum absolute atomic E-state index is 0.0892. The van der Waals surface area contributed by atoms with Crippen LogP contribution in [0.3, 0.4) is 0 Å².